The summed E-state index contributed by atoms with van der Waals surface area (Å²) in [6.45, 7) is 0. The van der Waals surface area contributed by atoms with E-state index in [1.54, 1.807) is 14.2 Å². The van der Waals surface area contributed by atoms with E-state index in [9.17, 15) is 4.79 Å². The summed E-state index contributed by atoms with van der Waals surface area (Å²) in [5, 5.41) is 3.07. The Hall–Kier alpha value is -1.71. The van der Waals surface area contributed by atoms with Crippen molar-refractivity contribution >= 4 is 11.6 Å². The first-order valence-electron chi connectivity index (χ1n) is 9.11. The Bertz CT molecular complexity index is 604. The summed E-state index contributed by atoms with van der Waals surface area (Å²) >= 11 is 0. The van der Waals surface area contributed by atoms with Gasteiger partial charge in [-0.25, -0.2) is 0 Å². The summed E-state index contributed by atoms with van der Waals surface area (Å²) in [4.78, 5) is 12.7. The van der Waals surface area contributed by atoms with Crippen LogP contribution in [0.15, 0.2) is 18.2 Å². The molecule has 130 valence electrons. The largest absolute Gasteiger partial charge is 0.493 e. The molecule has 0 aromatic heterocycles. The minimum absolute atomic E-state index is 0.143. The number of methoxy groups -OCH3 is 2. The minimum Gasteiger partial charge on any atom is -0.493 e. The highest BCUT2D eigenvalue weighted by Crippen LogP contribution is 2.61. The van der Waals surface area contributed by atoms with Crippen molar-refractivity contribution in [2.24, 2.45) is 23.2 Å². The molecule has 0 spiro atoms. The highest BCUT2D eigenvalue weighted by molar-refractivity contribution is 5.91. The molecule has 0 saturated heterocycles. The van der Waals surface area contributed by atoms with Gasteiger partial charge in [0, 0.05) is 18.2 Å². The molecule has 1 N–H and O–H groups in total. The molecule has 5 rings (SSSR count). The number of nitrogens with one attached hydrogen (secondary N) is 1. The molecule has 0 heterocycles. The van der Waals surface area contributed by atoms with Crippen LogP contribution >= 0.6 is 0 Å². The molecule has 4 aliphatic rings. The van der Waals surface area contributed by atoms with Gasteiger partial charge in [-0.3, -0.25) is 4.79 Å². The van der Waals surface area contributed by atoms with Crippen LogP contribution in [0.1, 0.15) is 44.9 Å². The van der Waals surface area contributed by atoms with Gasteiger partial charge < -0.3 is 14.8 Å². The Morgan fingerprint density at radius 2 is 1.62 bits per heavy atom. The third-order valence-electron chi connectivity index (χ3n) is 6.37. The Labute approximate surface area is 143 Å². The number of carbonyl (C=O) groups excluding carboxylic acids is 1. The molecule has 4 fully saturated rings. The van der Waals surface area contributed by atoms with Gasteiger partial charge in [0.05, 0.1) is 14.2 Å². The van der Waals surface area contributed by atoms with E-state index in [2.05, 4.69) is 5.32 Å². The van der Waals surface area contributed by atoms with Crippen molar-refractivity contribution in [3.63, 3.8) is 0 Å². The van der Waals surface area contributed by atoms with Gasteiger partial charge in [0.15, 0.2) is 11.5 Å². The van der Waals surface area contributed by atoms with Gasteiger partial charge in [0.2, 0.25) is 5.91 Å². The second-order valence-electron chi connectivity index (χ2n) is 8.21. The van der Waals surface area contributed by atoms with Crippen molar-refractivity contribution in [1.29, 1.82) is 0 Å². The normalized spacial score (nSPS) is 33.3. The van der Waals surface area contributed by atoms with Gasteiger partial charge >= 0.3 is 0 Å². The number of benzene rings is 1. The van der Waals surface area contributed by atoms with Gasteiger partial charge in [0.1, 0.15) is 0 Å². The zero-order chi connectivity index (χ0) is 16.7. The molecule has 0 unspecified atom stereocenters. The number of carbonyl (C=O) groups is 1. The number of anilines is 1. The van der Waals surface area contributed by atoms with Crippen molar-refractivity contribution in [2.75, 3.05) is 19.5 Å². The van der Waals surface area contributed by atoms with Gasteiger partial charge in [-0.2, -0.15) is 0 Å². The standard InChI is InChI=1S/C20H27NO3/c1-23-17-4-3-16(8-18(17)24-2)21-19(22)12-20-9-13-5-14(10-20)7-15(6-13)11-20/h3-4,8,13-15H,5-7,9-12H2,1-2H3,(H,21,22). The zero-order valence-electron chi connectivity index (χ0n) is 14.6. The fourth-order valence-electron chi connectivity index (χ4n) is 5.97. The van der Waals surface area contributed by atoms with E-state index in [4.69, 9.17) is 9.47 Å². The number of ether oxygens (including phenoxy) is 2. The second kappa shape index (κ2) is 5.98. The first-order chi connectivity index (χ1) is 11.6. The van der Waals surface area contributed by atoms with E-state index in [0.717, 1.165) is 23.4 Å². The highest BCUT2D eigenvalue weighted by atomic mass is 16.5. The SMILES string of the molecule is COc1ccc(NC(=O)CC23CC4CC(CC(C4)C2)C3)cc1OC. The predicted molar refractivity (Wildman–Crippen MR) is 93.4 cm³/mol. The van der Waals surface area contributed by atoms with Crippen molar-refractivity contribution in [1.82, 2.24) is 0 Å². The lowest BCUT2D eigenvalue weighted by molar-refractivity contribution is -0.124. The Kier molecular flexibility index (Phi) is 3.93. The molecular formula is C20H27NO3. The van der Waals surface area contributed by atoms with Gasteiger partial charge in [-0.1, -0.05) is 0 Å². The third-order valence-corrected chi connectivity index (χ3v) is 6.37. The molecule has 0 radical (unpaired) electrons. The average molecular weight is 329 g/mol. The Morgan fingerprint density at radius 3 is 2.17 bits per heavy atom. The summed E-state index contributed by atoms with van der Waals surface area (Å²) in [5.74, 6) is 4.10. The molecule has 1 aromatic carbocycles. The van der Waals surface area contributed by atoms with Crippen LogP contribution in [0.3, 0.4) is 0 Å². The average Bonchev–Trinajstić information content (AvgIpc) is 2.52. The molecule has 4 bridgehead atoms. The fourth-order valence-corrected chi connectivity index (χ4v) is 5.97. The first kappa shape index (κ1) is 15.8. The van der Waals surface area contributed by atoms with Crippen molar-refractivity contribution in [2.45, 2.75) is 44.9 Å². The maximum absolute atomic E-state index is 12.7. The predicted octanol–water partition coefficient (Wildman–Crippen LogP) is 4.25. The first-order valence-corrected chi connectivity index (χ1v) is 9.11. The molecular weight excluding hydrogens is 302 g/mol. The van der Waals surface area contributed by atoms with Crippen molar-refractivity contribution < 1.29 is 14.3 Å². The van der Waals surface area contributed by atoms with Crippen molar-refractivity contribution in [3.05, 3.63) is 18.2 Å². The van der Waals surface area contributed by atoms with Crippen LogP contribution < -0.4 is 14.8 Å². The summed E-state index contributed by atoms with van der Waals surface area (Å²) in [5.41, 5.74) is 1.05. The summed E-state index contributed by atoms with van der Waals surface area (Å²) in [6, 6.07) is 5.54. The Morgan fingerprint density at radius 1 is 1.04 bits per heavy atom. The minimum atomic E-state index is 0.143. The van der Waals surface area contributed by atoms with Crippen LogP contribution in [0.2, 0.25) is 0 Å². The molecule has 0 atom stereocenters. The topological polar surface area (TPSA) is 47.6 Å². The van der Waals surface area contributed by atoms with E-state index in [-0.39, 0.29) is 11.3 Å². The van der Waals surface area contributed by atoms with E-state index in [0.29, 0.717) is 17.9 Å². The van der Waals surface area contributed by atoms with Gasteiger partial charge in [0.25, 0.3) is 0 Å². The molecule has 4 saturated carbocycles. The summed E-state index contributed by atoms with van der Waals surface area (Å²) < 4.78 is 10.6. The van der Waals surface area contributed by atoms with Crippen LogP contribution in [0.5, 0.6) is 11.5 Å². The van der Waals surface area contributed by atoms with Crippen LogP contribution in [-0.4, -0.2) is 20.1 Å². The number of rotatable bonds is 5. The van der Waals surface area contributed by atoms with E-state index in [1.807, 2.05) is 18.2 Å². The molecule has 4 heteroatoms. The highest BCUT2D eigenvalue weighted by Gasteiger charge is 2.51. The molecule has 4 nitrogen and oxygen atoms in total. The summed E-state index contributed by atoms with van der Waals surface area (Å²) in [6.07, 6.45) is 8.70. The maximum Gasteiger partial charge on any atom is 0.224 e. The van der Waals surface area contributed by atoms with E-state index >= 15 is 0 Å². The summed E-state index contributed by atoms with van der Waals surface area (Å²) in [7, 11) is 3.22. The van der Waals surface area contributed by atoms with Gasteiger partial charge in [-0.15, -0.1) is 0 Å². The monoisotopic (exact) mass is 329 g/mol. The molecule has 4 aliphatic carbocycles. The van der Waals surface area contributed by atoms with Crippen LogP contribution in [-0.2, 0) is 4.79 Å². The second-order valence-corrected chi connectivity index (χ2v) is 8.21. The lowest BCUT2D eigenvalue weighted by atomic mass is 9.49. The van der Waals surface area contributed by atoms with Crippen molar-refractivity contribution in [3.8, 4) is 11.5 Å². The number of amides is 1. The molecule has 0 aliphatic heterocycles. The zero-order valence-corrected chi connectivity index (χ0v) is 14.6. The van der Waals surface area contributed by atoms with Gasteiger partial charge in [-0.05, 0) is 73.8 Å². The lowest BCUT2D eigenvalue weighted by Gasteiger charge is -2.56. The fraction of sp³-hybridized carbons (Fsp3) is 0.650. The van der Waals surface area contributed by atoms with Crippen LogP contribution in [0, 0.1) is 23.2 Å². The quantitative estimate of drug-likeness (QED) is 0.878. The third kappa shape index (κ3) is 2.87. The van der Waals surface area contributed by atoms with E-state index in [1.165, 1.54) is 38.5 Å². The molecule has 1 aromatic rings. The van der Waals surface area contributed by atoms with E-state index < -0.39 is 0 Å². The smallest absolute Gasteiger partial charge is 0.224 e. The molecule has 1 amide bonds. The number of hydrogen-bond donors (Lipinski definition) is 1. The Balaban J connectivity index is 1.44. The van der Waals surface area contributed by atoms with Crippen LogP contribution in [0.4, 0.5) is 5.69 Å². The van der Waals surface area contributed by atoms with Crippen LogP contribution in [0.25, 0.3) is 0 Å². The maximum atomic E-state index is 12.7. The number of hydrogen-bond acceptors (Lipinski definition) is 3. The lowest BCUT2D eigenvalue weighted by Crippen LogP contribution is -2.47. The molecule has 24 heavy (non-hydrogen) atoms.